The number of rotatable bonds is 3. The summed E-state index contributed by atoms with van der Waals surface area (Å²) in [6.07, 6.45) is 2.46. The van der Waals surface area contributed by atoms with Gasteiger partial charge in [-0.15, -0.1) is 0 Å². The van der Waals surface area contributed by atoms with Crippen LogP contribution in [0.25, 0.3) is 0 Å². The molecule has 0 aromatic carbocycles. The average Bonchev–Trinajstić information content (AvgIpc) is 2.72. The standard InChI is InChI=1S/C14H28N2O/c1-11(2)16-7-6-12(9-16)8-14(5)15-10-13(3,4)17-14/h11-12,15H,6-10H2,1-5H3. The number of likely N-dealkylation sites (tertiary alicyclic amines) is 1. The van der Waals surface area contributed by atoms with Crippen LogP contribution in [0.1, 0.15) is 47.5 Å². The maximum Gasteiger partial charge on any atom is 0.117 e. The molecule has 2 fully saturated rings. The first kappa shape index (κ1) is 13.3. The summed E-state index contributed by atoms with van der Waals surface area (Å²) in [6.45, 7) is 14.6. The van der Waals surface area contributed by atoms with Crippen molar-refractivity contribution < 1.29 is 4.74 Å². The highest BCUT2D eigenvalue weighted by Gasteiger charge is 2.42. The molecule has 2 unspecified atom stereocenters. The molecule has 0 aliphatic carbocycles. The van der Waals surface area contributed by atoms with E-state index in [1.807, 2.05) is 0 Å². The van der Waals surface area contributed by atoms with E-state index >= 15 is 0 Å². The van der Waals surface area contributed by atoms with Gasteiger partial charge in [-0.25, -0.2) is 0 Å². The van der Waals surface area contributed by atoms with Crippen LogP contribution in [-0.4, -0.2) is 41.9 Å². The normalized spacial score (nSPS) is 38.1. The predicted octanol–water partition coefficient (Wildman–Crippen LogP) is 2.22. The van der Waals surface area contributed by atoms with Crippen LogP contribution >= 0.6 is 0 Å². The zero-order chi connectivity index (χ0) is 12.7. The highest BCUT2D eigenvalue weighted by atomic mass is 16.5. The van der Waals surface area contributed by atoms with Crippen LogP contribution in [0, 0.1) is 5.92 Å². The second kappa shape index (κ2) is 4.52. The lowest BCUT2D eigenvalue weighted by Crippen LogP contribution is -2.40. The van der Waals surface area contributed by atoms with E-state index in [1.54, 1.807) is 0 Å². The van der Waals surface area contributed by atoms with Crippen molar-refractivity contribution >= 4 is 0 Å². The molecule has 2 rings (SSSR count). The van der Waals surface area contributed by atoms with Gasteiger partial charge in [0.1, 0.15) is 5.72 Å². The van der Waals surface area contributed by atoms with Gasteiger partial charge in [-0.3, -0.25) is 5.32 Å². The van der Waals surface area contributed by atoms with Crippen LogP contribution in [0.15, 0.2) is 0 Å². The lowest BCUT2D eigenvalue weighted by molar-refractivity contribution is -0.0903. The number of hydrogen-bond donors (Lipinski definition) is 1. The summed E-state index contributed by atoms with van der Waals surface area (Å²) < 4.78 is 6.16. The first-order valence-corrected chi connectivity index (χ1v) is 6.99. The fourth-order valence-corrected chi connectivity index (χ4v) is 3.24. The minimum Gasteiger partial charge on any atom is -0.354 e. The van der Waals surface area contributed by atoms with Gasteiger partial charge >= 0.3 is 0 Å². The molecule has 0 aromatic rings. The Morgan fingerprint density at radius 1 is 1.35 bits per heavy atom. The summed E-state index contributed by atoms with van der Waals surface area (Å²) in [4.78, 5) is 2.58. The molecule has 0 saturated carbocycles. The van der Waals surface area contributed by atoms with Gasteiger partial charge in [0, 0.05) is 19.1 Å². The van der Waals surface area contributed by atoms with Gasteiger partial charge in [0.2, 0.25) is 0 Å². The molecule has 1 N–H and O–H groups in total. The maximum atomic E-state index is 6.16. The van der Waals surface area contributed by atoms with Gasteiger partial charge in [-0.05, 0) is 59.9 Å². The zero-order valence-corrected chi connectivity index (χ0v) is 12.0. The highest BCUT2D eigenvalue weighted by Crippen LogP contribution is 2.33. The molecule has 2 aliphatic heterocycles. The van der Waals surface area contributed by atoms with E-state index < -0.39 is 0 Å². The molecule has 0 spiro atoms. The summed E-state index contributed by atoms with van der Waals surface area (Å²) in [5, 5.41) is 3.55. The summed E-state index contributed by atoms with van der Waals surface area (Å²) in [5.41, 5.74) is -0.119. The van der Waals surface area contributed by atoms with Crippen molar-refractivity contribution in [3.05, 3.63) is 0 Å². The molecular weight excluding hydrogens is 212 g/mol. The topological polar surface area (TPSA) is 24.5 Å². The van der Waals surface area contributed by atoms with Crippen LogP contribution < -0.4 is 5.32 Å². The second-order valence-corrected chi connectivity index (χ2v) is 6.89. The van der Waals surface area contributed by atoms with E-state index in [0.29, 0.717) is 6.04 Å². The summed E-state index contributed by atoms with van der Waals surface area (Å²) in [5.74, 6) is 0.781. The van der Waals surface area contributed by atoms with E-state index in [2.05, 4.69) is 44.8 Å². The highest BCUT2D eigenvalue weighted by molar-refractivity contribution is 4.92. The Morgan fingerprint density at radius 3 is 2.53 bits per heavy atom. The second-order valence-electron chi connectivity index (χ2n) is 6.89. The lowest BCUT2D eigenvalue weighted by Gasteiger charge is -2.30. The molecule has 17 heavy (non-hydrogen) atoms. The molecule has 2 saturated heterocycles. The molecule has 0 bridgehead atoms. The van der Waals surface area contributed by atoms with Crippen LogP contribution in [0.5, 0.6) is 0 Å². The Balaban J connectivity index is 1.86. The van der Waals surface area contributed by atoms with Gasteiger partial charge in [0.25, 0.3) is 0 Å². The molecule has 0 aromatic heterocycles. The molecule has 0 amide bonds. The Kier molecular flexibility index (Phi) is 3.54. The zero-order valence-electron chi connectivity index (χ0n) is 12.0. The van der Waals surface area contributed by atoms with E-state index in [4.69, 9.17) is 4.74 Å². The number of nitrogens with zero attached hydrogens (tertiary/aromatic N) is 1. The average molecular weight is 240 g/mol. The fraction of sp³-hybridized carbons (Fsp3) is 1.00. The molecule has 3 heteroatoms. The predicted molar refractivity (Wildman–Crippen MR) is 71.0 cm³/mol. The molecule has 2 aliphatic rings. The van der Waals surface area contributed by atoms with E-state index in [0.717, 1.165) is 18.9 Å². The SMILES string of the molecule is CC(C)N1CCC(CC2(C)NCC(C)(C)O2)C1. The van der Waals surface area contributed by atoms with E-state index in [9.17, 15) is 0 Å². The first-order valence-electron chi connectivity index (χ1n) is 6.99. The summed E-state index contributed by atoms with van der Waals surface area (Å²) in [7, 11) is 0. The van der Waals surface area contributed by atoms with Crippen LogP contribution in [0.4, 0.5) is 0 Å². The largest absolute Gasteiger partial charge is 0.354 e. The molecule has 2 heterocycles. The number of nitrogens with one attached hydrogen (secondary N) is 1. The minimum absolute atomic E-state index is 0.00884. The molecule has 100 valence electrons. The molecule has 2 atom stereocenters. The van der Waals surface area contributed by atoms with Gasteiger partial charge < -0.3 is 9.64 Å². The molecular formula is C14H28N2O. The van der Waals surface area contributed by atoms with Crippen molar-refractivity contribution in [1.29, 1.82) is 0 Å². The Bertz CT molecular complexity index is 277. The summed E-state index contributed by atoms with van der Waals surface area (Å²) >= 11 is 0. The quantitative estimate of drug-likeness (QED) is 0.818. The van der Waals surface area contributed by atoms with E-state index in [-0.39, 0.29) is 11.3 Å². The van der Waals surface area contributed by atoms with Gasteiger partial charge in [0.15, 0.2) is 0 Å². The lowest BCUT2D eigenvalue weighted by atomic mass is 9.97. The molecule has 3 nitrogen and oxygen atoms in total. The fourth-order valence-electron chi connectivity index (χ4n) is 3.24. The summed E-state index contributed by atoms with van der Waals surface area (Å²) in [6, 6.07) is 0.682. The van der Waals surface area contributed by atoms with Crippen LogP contribution in [0.2, 0.25) is 0 Å². The monoisotopic (exact) mass is 240 g/mol. The van der Waals surface area contributed by atoms with Gasteiger partial charge in [0.05, 0.1) is 5.60 Å². The smallest absolute Gasteiger partial charge is 0.117 e. The van der Waals surface area contributed by atoms with Gasteiger partial charge in [-0.1, -0.05) is 0 Å². The number of ether oxygens (including phenoxy) is 1. The van der Waals surface area contributed by atoms with Crippen molar-refractivity contribution in [1.82, 2.24) is 10.2 Å². The molecule has 0 radical (unpaired) electrons. The Labute approximate surface area is 106 Å². The van der Waals surface area contributed by atoms with Crippen molar-refractivity contribution in [2.75, 3.05) is 19.6 Å². The van der Waals surface area contributed by atoms with Crippen molar-refractivity contribution in [3.63, 3.8) is 0 Å². The van der Waals surface area contributed by atoms with Crippen molar-refractivity contribution in [2.24, 2.45) is 5.92 Å². The van der Waals surface area contributed by atoms with Gasteiger partial charge in [-0.2, -0.15) is 0 Å². The minimum atomic E-state index is -0.110. The van der Waals surface area contributed by atoms with Crippen molar-refractivity contribution in [2.45, 2.75) is 64.8 Å². The third-order valence-corrected chi connectivity index (χ3v) is 4.12. The maximum absolute atomic E-state index is 6.16. The third-order valence-electron chi connectivity index (χ3n) is 4.12. The van der Waals surface area contributed by atoms with Crippen molar-refractivity contribution in [3.8, 4) is 0 Å². The first-order chi connectivity index (χ1) is 7.80. The number of hydrogen-bond acceptors (Lipinski definition) is 3. The van der Waals surface area contributed by atoms with E-state index in [1.165, 1.54) is 19.5 Å². The third kappa shape index (κ3) is 3.21. The van der Waals surface area contributed by atoms with Crippen LogP contribution in [-0.2, 0) is 4.74 Å². The Morgan fingerprint density at radius 2 is 2.06 bits per heavy atom. The Hall–Kier alpha value is -0.120. The van der Waals surface area contributed by atoms with Crippen LogP contribution in [0.3, 0.4) is 0 Å².